The standard InChI is InChI=1S/C34H36N8O5S/c1-6-26-20-41(48(44,45)30-9-8-14-35-33(30)47-26)19-24-15-23(11-10-21(24)3)28(16-31(43)38-25-17-36-34(46-5)37-18-25)27-12-13-29-32(22(27)4)39-40-42(29)7-2/h8-18,26H,6-7,19-20H2,1-5H3,(H,38,43)/t26-/m1/s1. The molecule has 2 aromatic carbocycles. The Labute approximate surface area is 278 Å². The number of aromatic nitrogens is 6. The highest BCUT2D eigenvalue weighted by molar-refractivity contribution is 7.89. The number of ether oxygens (including phenoxy) is 2. The lowest BCUT2D eigenvalue weighted by atomic mass is 9.91. The Morgan fingerprint density at radius 1 is 1.10 bits per heavy atom. The summed E-state index contributed by atoms with van der Waals surface area (Å²) < 4.78 is 42.1. The molecule has 0 saturated carbocycles. The maximum absolute atomic E-state index is 13.9. The first-order valence-electron chi connectivity index (χ1n) is 15.6. The summed E-state index contributed by atoms with van der Waals surface area (Å²) >= 11 is 0. The minimum Gasteiger partial charge on any atom is -0.472 e. The lowest BCUT2D eigenvalue weighted by Crippen LogP contribution is -2.36. The minimum absolute atomic E-state index is 0.0404. The van der Waals surface area contributed by atoms with Gasteiger partial charge in [0.05, 0.1) is 37.3 Å². The summed E-state index contributed by atoms with van der Waals surface area (Å²) in [6.45, 7) is 8.76. The molecule has 1 aliphatic rings. The fraction of sp³-hybridized carbons (Fsp3) is 0.294. The zero-order chi connectivity index (χ0) is 34.0. The SMILES string of the molecule is CC[C@@H]1CN(Cc2cc(C(=CC(=O)Nc3cnc(OC)nc3)c3ccc4c(nnn4CC)c3C)ccc2C)S(=O)(=O)c2cccnc2O1. The van der Waals surface area contributed by atoms with Gasteiger partial charge in [-0.3, -0.25) is 4.79 Å². The summed E-state index contributed by atoms with van der Waals surface area (Å²) in [5, 5.41) is 11.5. The van der Waals surface area contributed by atoms with E-state index in [1.54, 1.807) is 6.07 Å². The lowest BCUT2D eigenvalue weighted by Gasteiger charge is -2.23. The van der Waals surface area contributed by atoms with Crippen LogP contribution in [0.2, 0.25) is 0 Å². The summed E-state index contributed by atoms with van der Waals surface area (Å²) in [4.78, 5) is 25.9. The summed E-state index contributed by atoms with van der Waals surface area (Å²) in [5.41, 5.74) is 6.66. The number of pyridine rings is 1. The van der Waals surface area contributed by atoms with Crippen LogP contribution in [0.25, 0.3) is 16.6 Å². The molecule has 5 aromatic rings. The van der Waals surface area contributed by atoms with E-state index in [9.17, 15) is 13.2 Å². The molecule has 4 heterocycles. The number of hydrogen-bond donors (Lipinski definition) is 1. The summed E-state index contributed by atoms with van der Waals surface area (Å²) in [7, 11) is -2.46. The van der Waals surface area contributed by atoms with Crippen LogP contribution in [0.15, 0.2) is 72.0 Å². The van der Waals surface area contributed by atoms with E-state index in [0.29, 0.717) is 24.2 Å². The predicted octanol–water partition coefficient (Wildman–Crippen LogP) is 4.69. The number of aryl methyl sites for hydroxylation is 3. The van der Waals surface area contributed by atoms with Gasteiger partial charge in [-0.15, -0.1) is 5.10 Å². The second-order valence-electron chi connectivity index (χ2n) is 11.4. The minimum atomic E-state index is -3.92. The number of amides is 1. The molecule has 0 aliphatic carbocycles. The molecule has 13 nitrogen and oxygen atoms in total. The van der Waals surface area contributed by atoms with Crippen molar-refractivity contribution in [2.24, 2.45) is 0 Å². The van der Waals surface area contributed by atoms with Gasteiger partial charge >= 0.3 is 6.01 Å². The zero-order valence-corrected chi connectivity index (χ0v) is 28.2. The van der Waals surface area contributed by atoms with E-state index in [1.807, 2.05) is 62.7 Å². The Morgan fingerprint density at radius 2 is 1.90 bits per heavy atom. The number of nitrogens with zero attached hydrogens (tertiary/aromatic N) is 7. The van der Waals surface area contributed by atoms with Crippen molar-refractivity contribution in [2.45, 2.75) is 58.2 Å². The van der Waals surface area contributed by atoms with Crippen LogP contribution in [0.4, 0.5) is 5.69 Å². The van der Waals surface area contributed by atoms with Crippen LogP contribution >= 0.6 is 0 Å². The van der Waals surface area contributed by atoms with Gasteiger partial charge in [-0.2, -0.15) is 4.31 Å². The third-order valence-electron chi connectivity index (χ3n) is 8.39. The molecule has 14 heteroatoms. The van der Waals surface area contributed by atoms with Crippen LogP contribution in [0.1, 0.15) is 48.1 Å². The van der Waals surface area contributed by atoms with Gasteiger partial charge in [0.2, 0.25) is 21.8 Å². The van der Waals surface area contributed by atoms with E-state index in [0.717, 1.165) is 38.9 Å². The Bertz CT molecular complexity index is 2130. The van der Waals surface area contributed by atoms with E-state index in [1.165, 1.54) is 42.1 Å². The van der Waals surface area contributed by atoms with Crippen LogP contribution in [-0.2, 0) is 27.9 Å². The Hall–Kier alpha value is -5.21. The molecule has 0 fully saturated rings. The molecule has 1 atom stereocenters. The van der Waals surface area contributed by atoms with Gasteiger partial charge in [0.25, 0.3) is 0 Å². The summed E-state index contributed by atoms with van der Waals surface area (Å²) in [6.07, 6.45) is 6.20. The van der Waals surface area contributed by atoms with Crippen LogP contribution in [0, 0.1) is 13.8 Å². The van der Waals surface area contributed by atoms with Crippen LogP contribution in [0.3, 0.4) is 0 Å². The number of sulfonamides is 1. The van der Waals surface area contributed by atoms with E-state index < -0.39 is 15.9 Å². The van der Waals surface area contributed by atoms with Crippen molar-refractivity contribution < 1.29 is 22.7 Å². The van der Waals surface area contributed by atoms with Crippen molar-refractivity contribution in [2.75, 3.05) is 19.0 Å². The van der Waals surface area contributed by atoms with Crippen LogP contribution in [-0.4, -0.2) is 68.3 Å². The van der Waals surface area contributed by atoms with Crippen molar-refractivity contribution in [3.8, 4) is 11.9 Å². The normalized spacial score (nSPS) is 16.2. The van der Waals surface area contributed by atoms with Crippen molar-refractivity contribution in [3.63, 3.8) is 0 Å². The fourth-order valence-electron chi connectivity index (χ4n) is 5.69. The lowest BCUT2D eigenvalue weighted by molar-refractivity contribution is -0.111. The number of carbonyl (C=O) groups is 1. The van der Waals surface area contributed by atoms with Crippen LogP contribution < -0.4 is 14.8 Å². The first-order chi connectivity index (χ1) is 23.1. The number of hydrogen-bond acceptors (Lipinski definition) is 10. The van der Waals surface area contributed by atoms with Crippen molar-refractivity contribution in [1.82, 2.24) is 34.3 Å². The van der Waals surface area contributed by atoms with E-state index in [4.69, 9.17) is 9.47 Å². The van der Waals surface area contributed by atoms with Gasteiger partial charge < -0.3 is 14.8 Å². The quantitative estimate of drug-likeness (QED) is 0.219. The van der Waals surface area contributed by atoms with Crippen molar-refractivity contribution in [3.05, 3.63) is 94.9 Å². The highest BCUT2D eigenvalue weighted by atomic mass is 32.2. The second kappa shape index (κ2) is 13.5. The topological polar surface area (TPSA) is 154 Å². The molecule has 3 aromatic heterocycles. The average Bonchev–Trinajstić information content (AvgIpc) is 3.48. The number of rotatable bonds is 9. The molecule has 248 valence electrons. The number of fused-ring (bicyclic) bond motifs is 2. The second-order valence-corrected chi connectivity index (χ2v) is 13.3. The van der Waals surface area contributed by atoms with Gasteiger partial charge in [-0.05, 0) is 84.8 Å². The third-order valence-corrected chi connectivity index (χ3v) is 10.2. The molecular formula is C34H36N8O5S. The zero-order valence-electron chi connectivity index (χ0n) is 27.3. The van der Waals surface area contributed by atoms with Crippen molar-refractivity contribution >= 4 is 38.2 Å². The molecule has 0 unspecified atom stereocenters. The summed E-state index contributed by atoms with van der Waals surface area (Å²) in [6, 6.07) is 13.0. The number of nitrogens with one attached hydrogen (secondary N) is 1. The maximum Gasteiger partial charge on any atom is 0.316 e. The maximum atomic E-state index is 13.9. The molecule has 0 spiro atoms. The highest BCUT2D eigenvalue weighted by Crippen LogP contribution is 2.34. The number of carbonyl (C=O) groups excluding carboxylic acids is 1. The smallest absolute Gasteiger partial charge is 0.316 e. The van der Waals surface area contributed by atoms with Gasteiger partial charge in [-0.25, -0.2) is 28.1 Å². The fourth-order valence-corrected chi connectivity index (χ4v) is 7.21. The molecule has 0 saturated heterocycles. The summed E-state index contributed by atoms with van der Waals surface area (Å²) in [5.74, 6) is -0.290. The molecular weight excluding hydrogens is 632 g/mol. The molecule has 6 rings (SSSR count). The van der Waals surface area contributed by atoms with Gasteiger partial charge in [0, 0.05) is 25.4 Å². The largest absolute Gasteiger partial charge is 0.472 e. The van der Waals surface area contributed by atoms with Gasteiger partial charge in [-0.1, -0.05) is 30.3 Å². The van der Waals surface area contributed by atoms with Gasteiger partial charge in [0.1, 0.15) is 16.5 Å². The Kier molecular flexibility index (Phi) is 9.20. The molecule has 1 N–H and O–H groups in total. The van der Waals surface area contributed by atoms with E-state index >= 15 is 0 Å². The monoisotopic (exact) mass is 668 g/mol. The number of benzene rings is 2. The van der Waals surface area contributed by atoms with E-state index in [2.05, 4.69) is 30.6 Å². The third kappa shape index (κ3) is 6.36. The van der Waals surface area contributed by atoms with Gasteiger partial charge in [0.15, 0.2) is 0 Å². The molecule has 1 amide bonds. The number of anilines is 1. The first-order valence-corrected chi connectivity index (χ1v) is 17.0. The molecule has 0 radical (unpaired) electrons. The van der Waals surface area contributed by atoms with Crippen LogP contribution in [0.5, 0.6) is 11.9 Å². The molecule has 1 aliphatic heterocycles. The van der Waals surface area contributed by atoms with Crippen molar-refractivity contribution in [1.29, 1.82) is 0 Å². The molecule has 0 bridgehead atoms. The Balaban J connectivity index is 1.43. The average molecular weight is 669 g/mol. The Morgan fingerprint density at radius 3 is 2.62 bits per heavy atom. The van der Waals surface area contributed by atoms with E-state index in [-0.39, 0.29) is 36.0 Å². The highest BCUT2D eigenvalue weighted by Gasteiger charge is 2.35. The first kappa shape index (κ1) is 32.7. The number of methoxy groups -OCH3 is 1. The molecule has 48 heavy (non-hydrogen) atoms. The predicted molar refractivity (Wildman–Crippen MR) is 180 cm³/mol.